The highest BCUT2D eigenvalue weighted by Gasteiger charge is 2.16. The molecule has 4 nitrogen and oxygen atoms in total. The van der Waals surface area contributed by atoms with E-state index in [1.165, 1.54) is 5.56 Å². The van der Waals surface area contributed by atoms with Gasteiger partial charge in [-0.05, 0) is 18.4 Å². The maximum atomic E-state index is 11.9. The summed E-state index contributed by atoms with van der Waals surface area (Å²) in [4.78, 5) is 22.7. The minimum atomic E-state index is -0.997. The Kier molecular flexibility index (Phi) is 7.33. The first-order valence-electron chi connectivity index (χ1n) is 6.77. The zero-order valence-electron chi connectivity index (χ0n) is 11.6. The van der Waals surface area contributed by atoms with Crippen LogP contribution in [0.15, 0.2) is 24.3 Å². The normalized spacial score (nSPS) is 12.1. The molecule has 0 heterocycles. The van der Waals surface area contributed by atoms with Crippen molar-refractivity contribution in [2.75, 3.05) is 12.3 Å². The number of Topliss-reactive ketones (excluding diaryl/α,β-unsaturated/α-hetero) is 1. The summed E-state index contributed by atoms with van der Waals surface area (Å²) in [7, 11) is 0. The van der Waals surface area contributed by atoms with Gasteiger partial charge in [-0.1, -0.05) is 37.6 Å². The van der Waals surface area contributed by atoms with E-state index in [-0.39, 0.29) is 18.1 Å². The average molecular weight is 295 g/mol. The Morgan fingerprint density at radius 1 is 1.30 bits per heavy atom. The number of hydrogen-bond donors (Lipinski definition) is 3. The molecule has 0 saturated heterocycles. The number of aliphatic carboxylic acids is 1. The third-order valence-electron chi connectivity index (χ3n) is 3.08. The van der Waals surface area contributed by atoms with Gasteiger partial charge in [-0.2, -0.15) is 12.6 Å². The van der Waals surface area contributed by atoms with Crippen molar-refractivity contribution in [3.8, 4) is 0 Å². The van der Waals surface area contributed by atoms with Crippen LogP contribution in [0.25, 0.3) is 0 Å². The quantitative estimate of drug-likeness (QED) is 0.482. The molecule has 0 aliphatic rings. The van der Waals surface area contributed by atoms with Gasteiger partial charge in [0.15, 0.2) is 5.78 Å². The molecule has 1 aromatic rings. The van der Waals surface area contributed by atoms with Crippen LogP contribution in [0.3, 0.4) is 0 Å². The zero-order valence-corrected chi connectivity index (χ0v) is 12.5. The van der Waals surface area contributed by atoms with Crippen LogP contribution < -0.4 is 5.32 Å². The van der Waals surface area contributed by atoms with Gasteiger partial charge in [-0.25, -0.2) is 0 Å². The van der Waals surface area contributed by atoms with Crippen LogP contribution in [0.4, 0.5) is 0 Å². The lowest BCUT2D eigenvalue weighted by atomic mass is 10.0. The Balaban J connectivity index is 2.53. The van der Waals surface area contributed by atoms with Crippen molar-refractivity contribution >= 4 is 24.4 Å². The smallest absolute Gasteiger partial charge is 0.321 e. The lowest BCUT2D eigenvalue weighted by Gasteiger charge is -2.11. The molecule has 1 aromatic carbocycles. The second-order valence-electron chi connectivity index (χ2n) is 4.68. The highest BCUT2D eigenvalue weighted by molar-refractivity contribution is 7.80. The van der Waals surface area contributed by atoms with E-state index in [2.05, 4.69) is 24.9 Å². The van der Waals surface area contributed by atoms with Gasteiger partial charge >= 0.3 is 5.97 Å². The number of carboxylic acids is 1. The van der Waals surface area contributed by atoms with Crippen LogP contribution in [0, 0.1) is 0 Å². The van der Waals surface area contributed by atoms with Crippen molar-refractivity contribution in [3.05, 3.63) is 35.4 Å². The molecule has 0 aromatic heterocycles. The van der Waals surface area contributed by atoms with Gasteiger partial charge in [0, 0.05) is 11.3 Å². The molecule has 0 aliphatic carbocycles. The summed E-state index contributed by atoms with van der Waals surface area (Å²) in [6, 6.07) is 6.70. The number of carbonyl (C=O) groups is 2. The lowest BCUT2D eigenvalue weighted by Crippen LogP contribution is -2.41. The SMILES string of the molecule is CCCCc1ccc(C(=O)CNC(CS)C(=O)O)cc1. The number of carboxylic acid groups (broad SMARTS) is 1. The summed E-state index contributed by atoms with van der Waals surface area (Å²) >= 11 is 3.94. The van der Waals surface area contributed by atoms with Gasteiger partial charge in [0.25, 0.3) is 0 Å². The highest BCUT2D eigenvalue weighted by atomic mass is 32.1. The molecule has 0 spiro atoms. The largest absolute Gasteiger partial charge is 0.480 e. The number of aryl methyl sites for hydroxylation is 1. The third kappa shape index (κ3) is 5.35. The number of hydrogen-bond acceptors (Lipinski definition) is 4. The minimum Gasteiger partial charge on any atom is -0.480 e. The minimum absolute atomic E-state index is 0.00579. The van der Waals surface area contributed by atoms with Crippen molar-refractivity contribution in [1.29, 1.82) is 0 Å². The van der Waals surface area contributed by atoms with E-state index in [0.717, 1.165) is 19.3 Å². The molecular formula is C15H21NO3S. The van der Waals surface area contributed by atoms with E-state index in [0.29, 0.717) is 5.56 Å². The number of nitrogens with one attached hydrogen (secondary N) is 1. The Bertz CT molecular complexity index is 445. The monoisotopic (exact) mass is 295 g/mol. The van der Waals surface area contributed by atoms with Gasteiger partial charge < -0.3 is 5.11 Å². The van der Waals surface area contributed by atoms with Crippen molar-refractivity contribution in [3.63, 3.8) is 0 Å². The topological polar surface area (TPSA) is 66.4 Å². The number of carbonyl (C=O) groups excluding carboxylic acids is 1. The fourth-order valence-electron chi connectivity index (χ4n) is 1.79. The Labute approximate surface area is 125 Å². The Hall–Kier alpha value is -1.33. The molecule has 1 unspecified atom stereocenters. The van der Waals surface area contributed by atoms with Crippen LogP contribution in [0.5, 0.6) is 0 Å². The lowest BCUT2D eigenvalue weighted by molar-refractivity contribution is -0.138. The highest BCUT2D eigenvalue weighted by Crippen LogP contribution is 2.08. The van der Waals surface area contributed by atoms with Crippen molar-refractivity contribution in [1.82, 2.24) is 5.32 Å². The first-order valence-corrected chi connectivity index (χ1v) is 7.41. The molecule has 0 fully saturated rings. The van der Waals surface area contributed by atoms with Gasteiger partial charge in [0.2, 0.25) is 0 Å². The molecular weight excluding hydrogens is 274 g/mol. The van der Waals surface area contributed by atoms with E-state index >= 15 is 0 Å². The molecule has 0 bridgehead atoms. The number of ketones is 1. The van der Waals surface area contributed by atoms with E-state index in [1.54, 1.807) is 12.1 Å². The van der Waals surface area contributed by atoms with E-state index in [9.17, 15) is 9.59 Å². The van der Waals surface area contributed by atoms with Crippen molar-refractivity contribution < 1.29 is 14.7 Å². The first kappa shape index (κ1) is 16.7. The van der Waals surface area contributed by atoms with E-state index in [1.807, 2.05) is 12.1 Å². The number of unbranched alkanes of at least 4 members (excludes halogenated alkanes) is 1. The molecule has 20 heavy (non-hydrogen) atoms. The maximum absolute atomic E-state index is 11.9. The molecule has 110 valence electrons. The summed E-state index contributed by atoms with van der Waals surface area (Å²) in [5, 5.41) is 11.5. The van der Waals surface area contributed by atoms with Gasteiger partial charge in [-0.3, -0.25) is 14.9 Å². The summed E-state index contributed by atoms with van der Waals surface area (Å²) < 4.78 is 0. The first-order chi connectivity index (χ1) is 9.58. The van der Waals surface area contributed by atoms with Gasteiger partial charge in [0.05, 0.1) is 6.54 Å². The van der Waals surface area contributed by atoms with Crippen molar-refractivity contribution in [2.24, 2.45) is 0 Å². The summed E-state index contributed by atoms with van der Waals surface area (Å²) in [5.41, 5.74) is 1.82. The summed E-state index contributed by atoms with van der Waals surface area (Å²) in [6.45, 7) is 2.15. The predicted octanol–water partition coefficient (Wildman–Crippen LogP) is 2.18. The standard InChI is InChI=1S/C15H21NO3S/c1-2-3-4-11-5-7-12(8-6-11)14(17)9-16-13(10-20)15(18)19/h5-8,13,16,20H,2-4,9-10H2,1H3,(H,18,19). The van der Waals surface area contributed by atoms with Crippen LogP contribution in [0.2, 0.25) is 0 Å². The molecule has 0 radical (unpaired) electrons. The molecule has 2 N–H and O–H groups in total. The van der Waals surface area contributed by atoms with Crippen LogP contribution in [-0.4, -0.2) is 35.2 Å². The molecule has 0 aliphatic heterocycles. The van der Waals surface area contributed by atoms with Crippen molar-refractivity contribution in [2.45, 2.75) is 32.2 Å². The predicted molar refractivity (Wildman–Crippen MR) is 82.7 cm³/mol. The van der Waals surface area contributed by atoms with Crippen LogP contribution in [0.1, 0.15) is 35.7 Å². The van der Waals surface area contributed by atoms with Crippen LogP contribution >= 0.6 is 12.6 Å². The molecule has 1 atom stereocenters. The third-order valence-corrected chi connectivity index (χ3v) is 3.45. The average Bonchev–Trinajstić information content (AvgIpc) is 2.45. The second kappa shape index (κ2) is 8.76. The van der Waals surface area contributed by atoms with E-state index < -0.39 is 12.0 Å². The maximum Gasteiger partial charge on any atom is 0.321 e. The number of rotatable bonds is 9. The summed E-state index contributed by atoms with van der Waals surface area (Å²) in [5.74, 6) is -0.957. The fraction of sp³-hybridized carbons (Fsp3) is 0.467. The van der Waals surface area contributed by atoms with Crippen LogP contribution in [-0.2, 0) is 11.2 Å². The molecule has 5 heteroatoms. The molecule has 0 saturated carbocycles. The molecule has 1 rings (SSSR count). The summed E-state index contributed by atoms with van der Waals surface area (Å²) in [6.07, 6.45) is 3.30. The number of thiol groups is 1. The molecule has 0 amide bonds. The second-order valence-corrected chi connectivity index (χ2v) is 5.04. The Morgan fingerprint density at radius 3 is 2.45 bits per heavy atom. The zero-order chi connectivity index (χ0) is 15.0. The van der Waals surface area contributed by atoms with Gasteiger partial charge in [0.1, 0.15) is 6.04 Å². The Morgan fingerprint density at radius 2 is 1.95 bits per heavy atom. The number of benzene rings is 1. The van der Waals surface area contributed by atoms with Gasteiger partial charge in [-0.15, -0.1) is 0 Å². The fourth-order valence-corrected chi connectivity index (χ4v) is 2.07. The van der Waals surface area contributed by atoms with E-state index in [4.69, 9.17) is 5.11 Å².